The quantitative estimate of drug-likeness (QED) is 0.274. The summed E-state index contributed by atoms with van der Waals surface area (Å²) in [7, 11) is 0. The Morgan fingerprint density at radius 1 is 0.361 bits per heavy atom. The number of aromatic hydroxyl groups is 2. The van der Waals surface area contributed by atoms with Crippen molar-refractivity contribution in [3.05, 3.63) is 150 Å². The van der Waals surface area contributed by atoms with Crippen molar-refractivity contribution >= 4 is 17.1 Å². The fraction of sp³-hybridized carbons (Fsp3) is 0.0909. The molecular formula is C33H33NO2. The van der Waals surface area contributed by atoms with E-state index >= 15 is 0 Å². The normalized spacial score (nSPS) is 9.75. The summed E-state index contributed by atoms with van der Waals surface area (Å²) in [5, 5.41) is 17.3. The molecule has 3 nitrogen and oxygen atoms in total. The molecule has 5 aromatic rings. The van der Waals surface area contributed by atoms with Gasteiger partial charge >= 0.3 is 0 Å². The van der Waals surface area contributed by atoms with Crippen molar-refractivity contribution in [1.29, 1.82) is 0 Å². The Kier molecular flexibility index (Phi) is 9.72. The zero-order valence-corrected chi connectivity index (χ0v) is 21.0. The summed E-state index contributed by atoms with van der Waals surface area (Å²) < 4.78 is 0. The molecule has 0 bridgehead atoms. The Hall–Kier alpha value is -4.50. The van der Waals surface area contributed by atoms with E-state index in [9.17, 15) is 0 Å². The monoisotopic (exact) mass is 475 g/mol. The van der Waals surface area contributed by atoms with Crippen LogP contribution in [0.5, 0.6) is 11.5 Å². The van der Waals surface area contributed by atoms with Crippen molar-refractivity contribution in [3.8, 4) is 11.5 Å². The average molecular weight is 476 g/mol. The van der Waals surface area contributed by atoms with Crippen molar-refractivity contribution in [2.75, 3.05) is 4.90 Å². The summed E-state index contributed by atoms with van der Waals surface area (Å²) >= 11 is 0. The van der Waals surface area contributed by atoms with Gasteiger partial charge in [-0.2, -0.15) is 0 Å². The first-order valence-electron chi connectivity index (χ1n) is 11.9. The largest absolute Gasteiger partial charge is 0.508 e. The van der Waals surface area contributed by atoms with Crippen LogP contribution in [0.15, 0.2) is 133 Å². The first-order valence-corrected chi connectivity index (χ1v) is 11.9. The Labute approximate surface area is 214 Å². The van der Waals surface area contributed by atoms with Gasteiger partial charge in [0.15, 0.2) is 0 Å². The SMILES string of the molecule is Cc1ccc(N(c2ccc(C)cc2)c2ccc(C)cc2)cc1.Oc1ccccc1.Oc1ccccc1. The summed E-state index contributed by atoms with van der Waals surface area (Å²) in [6, 6.07) is 43.4. The number of benzene rings is 5. The number of aryl methyl sites for hydroxylation is 3. The van der Waals surface area contributed by atoms with Crippen molar-refractivity contribution in [2.45, 2.75) is 20.8 Å². The molecule has 5 aromatic carbocycles. The molecule has 36 heavy (non-hydrogen) atoms. The van der Waals surface area contributed by atoms with E-state index in [1.807, 2.05) is 12.1 Å². The minimum absolute atomic E-state index is 0.322. The second kappa shape index (κ2) is 13.4. The molecule has 0 aliphatic rings. The molecule has 0 aliphatic carbocycles. The predicted molar refractivity (Wildman–Crippen MR) is 152 cm³/mol. The topological polar surface area (TPSA) is 43.7 Å². The summed E-state index contributed by atoms with van der Waals surface area (Å²) in [5.74, 6) is 0.644. The van der Waals surface area contributed by atoms with Crippen molar-refractivity contribution in [3.63, 3.8) is 0 Å². The van der Waals surface area contributed by atoms with E-state index in [0.29, 0.717) is 11.5 Å². The smallest absolute Gasteiger partial charge is 0.115 e. The van der Waals surface area contributed by atoms with Crippen LogP contribution >= 0.6 is 0 Å². The Morgan fingerprint density at radius 2 is 0.611 bits per heavy atom. The molecule has 3 heteroatoms. The molecule has 0 atom stereocenters. The van der Waals surface area contributed by atoms with Gasteiger partial charge in [0.2, 0.25) is 0 Å². The first-order chi connectivity index (χ1) is 17.4. The highest BCUT2D eigenvalue weighted by atomic mass is 16.3. The van der Waals surface area contributed by atoms with E-state index < -0.39 is 0 Å². The van der Waals surface area contributed by atoms with Crippen LogP contribution in [-0.4, -0.2) is 10.2 Å². The highest BCUT2D eigenvalue weighted by Gasteiger charge is 2.11. The third-order valence-corrected chi connectivity index (χ3v) is 5.39. The number of phenolic OH excluding ortho intramolecular Hbond substituents is 2. The second-order valence-corrected chi connectivity index (χ2v) is 8.51. The van der Waals surface area contributed by atoms with Crippen molar-refractivity contribution in [1.82, 2.24) is 0 Å². The summed E-state index contributed by atoms with van der Waals surface area (Å²) in [6.07, 6.45) is 0. The average Bonchev–Trinajstić information content (AvgIpc) is 2.89. The van der Waals surface area contributed by atoms with Crippen LogP contribution in [0.4, 0.5) is 17.1 Å². The molecule has 0 unspecified atom stereocenters. The molecule has 0 radical (unpaired) electrons. The van der Waals surface area contributed by atoms with Crippen LogP contribution in [0.3, 0.4) is 0 Å². The summed E-state index contributed by atoms with van der Waals surface area (Å²) in [4.78, 5) is 2.29. The third kappa shape index (κ3) is 8.37. The first kappa shape index (κ1) is 26.1. The van der Waals surface area contributed by atoms with E-state index in [1.165, 1.54) is 33.8 Å². The van der Waals surface area contributed by atoms with Crippen LogP contribution < -0.4 is 4.90 Å². The number of anilines is 3. The molecule has 2 N–H and O–H groups in total. The molecule has 0 amide bonds. The molecule has 0 aromatic heterocycles. The minimum Gasteiger partial charge on any atom is -0.508 e. The highest BCUT2D eigenvalue weighted by Crippen LogP contribution is 2.34. The van der Waals surface area contributed by atoms with E-state index in [4.69, 9.17) is 10.2 Å². The van der Waals surface area contributed by atoms with Gasteiger partial charge < -0.3 is 15.1 Å². The lowest BCUT2D eigenvalue weighted by molar-refractivity contribution is 0.475. The van der Waals surface area contributed by atoms with Gasteiger partial charge in [0, 0.05) is 17.1 Å². The zero-order chi connectivity index (χ0) is 25.8. The maximum Gasteiger partial charge on any atom is 0.115 e. The molecular weight excluding hydrogens is 442 g/mol. The van der Waals surface area contributed by atoms with Gasteiger partial charge in [0.25, 0.3) is 0 Å². The number of hydrogen-bond donors (Lipinski definition) is 2. The predicted octanol–water partition coefficient (Wildman–Crippen LogP) is 8.87. The standard InChI is InChI=1S/C21H21N.2C6H6O/c1-16-4-10-19(11-5-16)22(20-12-6-17(2)7-13-20)21-14-8-18(3)9-15-21;2*7-6-4-2-1-3-5-6/h4-15H,1-3H3;2*1-5,7H. The minimum atomic E-state index is 0.322. The lowest BCUT2D eigenvalue weighted by Crippen LogP contribution is -2.09. The van der Waals surface area contributed by atoms with Crippen molar-refractivity contribution in [2.24, 2.45) is 0 Å². The van der Waals surface area contributed by atoms with Crippen LogP contribution in [0, 0.1) is 20.8 Å². The van der Waals surface area contributed by atoms with Gasteiger partial charge in [-0.3, -0.25) is 0 Å². The summed E-state index contributed by atoms with van der Waals surface area (Å²) in [5.41, 5.74) is 7.36. The number of para-hydroxylation sites is 2. The van der Waals surface area contributed by atoms with Gasteiger partial charge in [0.05, 0.1) is 0 Å². The van der Waals surface area contributed by atoms with Gasteiger partial charge in [-0.05, 0) is 81.4 Å². The third-order valence-electron chi connectivity index (χ3n) is 5.39. The van der Waals surface area contributed by atoms with Crippen LogP contribution in [-0.2, 0) is 0 Å². The second-order valence-electron chi connectivity index (χ2n) is 8.51. The van der Waals surface area contributed by atoms with E-state index in [1.54, 1.807) is 48.5 Å². The number of phenols is 2. The maximum absolute atomic E-state index is 8.63. The van der Waals surface area contributed by atoms with Gasteiger partial charge in [-0.25, -0.2) is 0 Å². The molecule has 0 fully saturated rings. The van der Waals surface area contributed by atoms with E-state index in [0.717, 1.165) is 0 Å². The van der Waals surface area contributed by atoms with Crippen molar-refractivity contribution < 1.29 is 10.2 Å². The maximum atomic E-state index is 8.63. The fourth-order valence-corrected chi connectivity index (χ4v) is 3.38. The highest BCUT2D eigenvalue weighted by molar-refractivity contribution is 5.76. The van der Waals surface area contributed by atoms with Crippen LogP contribution in [0.25, 0.3) is 0 Å². The molecule has 0 aliphatic heterocycles. The fourth-order valence-electron chi connectivity index (χ4n) is 3.38. The van der Waals surface area contributed by atoms with Gasteiger partial charge in [0.1, 0.15) is 11.5 Å². The molecule has 0 heterocycles. The van der Waals surface area contributed by atoms with Crippen LogP contribution in [0.1, 0.15) is 16.7 Å². The zero-order valence-electron chi connectivity index (χ0n) is 21.0. The lowest BCUT2D eigenvalue weighted by Gasteiger charge is -2.25. The number of nitrogens with zero attached hydrogens (tertiary/aromatic N) is 1. The lowest BCUT2D eigenvalue weighted by atomic mass is 10.1. The Bertz CT molecular complexity index is 1140. The molecule has 0 spiro atoms. The Balaban J connectivity index is 0.000000209. The molecule has 0 saturated carbocycles. The number of hydrogen-bond acceptors (Lipinski definition) is 3. The Morgan fingerprint density at radius 3 is 0.806 bits per heavy atom. The molecule has 0 saturated heterocycles. The van der Waals surface area contributed by atoms with E-state index in [-0.39, 0.29) is 0 Å². The number of rotatable bonds is 3. The van der Waals surface area contributed by atoms with Crippen LogP contribution in [0.2, 0.25) is 0 Å². The molecule has 5 rings (SSSR count). The van der Waals surface area contributed by atoms with Gasteiger partial charge in [-0.1, -0.05) is 89.5 Å². The van der Waals surface area contributed by atoms with E-state index in [2.05, 4.69) is 98.5 Å². The summed E-state index contributed by atoms with van der Waals surface area (Å²) in [6.45, 7) is 6.35. The van der Waals surface area contributed by atoms with Gasteiger partial charge in [-0.15, -0.1) is 0 Å². The molecule has 182 valence electrons.